The number of hydrogen-bond donors (Lipinski definition) is 1. The molecular weight excluding hydrogens is 296 g/mol. The van der Waals surface area contributed by atoms with Gasteiger partial charge in [-0.25, -0.2) is 9.78 Å². The first-order valence-electron chi connectivity index (χ1n) is 7.03. The van der Waals surface area contributed by atoms with Crippen LogP contribution in [0.15, 0.2) is 59.3 Å². The largest absolute Gasteiger partial charge is 0.452 e. The molecule has 0 radical (unpaired) electrons. The molecule has 0 atom stereocenters. The first-order valence-corrected chi connectivity index (χ1v) is 7.03. The number of nitrogens with one attached hydrogen (secondary N) is 1. The van der Waals surface area contributed by atoms with Gasteiger partial charge in [-0.3, -0.25) is 4.79 Å². The van der Waals surface area contributed by atoms with Crippen LogP contribution in [0.25, 0.3) is 11.1 Å². The number of hydrogen-bond acceptors (Lipinski definition) is 5. The predicted octanol–water partition coefficient (Wildman–Crippen LogP) is 2.30. The average molecular weight is 310 g/mol. The third kappa shape index (κ3) is 3.74. The standard InChI is InChI=1S/C17H14N2O4/c20-16(18-9-12-4-2-1-3-5-12)10-22-17(21)13-6-7-14-15(8-13)23-11-19-14/h1-8,11H,9-10H2,(H,18,20). The second-order valence-electron chi connectivity index (χ2n) is 4.87. The molecule has 0 bridgehead atoms. The number of carbonyl (C=O) groups is 2. The van der Waals surface area contributed by atoms with Crippen LogP contribution in [0.4, 0.5) is 0 Å². The lowest BCUT2D eigenvalue weighted by Gasteiger charge is -2.06. The Bertz CT molecular complexity index is 827. The lowest BCUT2D eigenvalue weighted by molar-refractivity contribution is -0.124. The minimum atomic E-state index is -0.585. The van der Waals surface area contributed by atoms with E-state index >= 15 is 0 Å². The van der Waals surface area contributed by atoms with Gasteiger partial charge >= 0.3 is 5.97 Å². The number of nitrogens with zero attached hydrogens (tertiary/aromatic N) is 1. The van der Waals surface area contributed by atoms with Gasteiger partial charge in [0.15, 0.2) is 18.6 Å². The van der Waals surface area contributed by atoms with Crippen LogP contribution in [-0.4, -0.2) is 23.5 Å². The quantitative estimate of drug-likeness (QED) is 0.731. The van der Waals surface area contributed by atoms with E-state index in [0.717, 1.165) is 5.56 Å². The molecule has 116 valence electrons. The first-order chi connectivity index (χ1) is 11.2. The average Bonchev–Trinajstić information content (AvgIpc) is 3.06. The molecule has 1 N–H and O–H groups in total. The van der Waals surface area contributed by atoms with Crippen molar-refractivity contribution in [1.29, 1.82) is 0 Å². The summed E-state index contributed by atoms with van der Waals surface area (Å²) in [4.78, 5) is 27.6. The van der Waals surface area contributed by atoms with E-state index in [4.69, 9.17) is 9.15 Å². The van der Waals surface area contributed by atoms with Gasteiger partial charge in [0.25, 0.3) is 5.91 Å². The lowest BCUT2D eigenvalue weighted by atomic mass is 10.2. The molecule has 0 saturated carbocycles. The number of oxazole rings is 1. The van der Waals surface area contributed by atoms with Crippen LogP contribution >= 0.6 is 0 Å². The van der Waals surface area contributed by atoms with Gasteiger partial charge < -0.3 is 14.5 Å². The fraction of sp³-hybridized carbons (Fsp3) is 0.118. The molecule has 0 aliphatic carbocycles. The van der Waals surface area contributed by atoms with E-state index in [-0.39, 0.29) is 12.5 Å². The van der Waals surface area contributed by atoms with Crippen molar-refractivity contribution >= 4 is 23.0 Å². The van der Waals surface area contributed by atoms with E-state index in [1.807, 2.05) is 30.3 Å². The number of aromatic nitrogens is 1. The maximum absolute atomic E-state index is 11.9. The highest BCUT2D eigenvalue weighted by molar-refractivity contribution is 5.94. The minimum absolute atomic E-state index is 0.310. The van der Waals surface area contributed by atoms with Crippen molar-refractivity contribution < 1.29 is 18.7 Å². The molecule has 1 amide bonds. The Hall–Kier alpha value is -3.15. The second kappa shape index (κ2) is 6.74. The third-order valence-corrected chi connectivity index (χ3v) is 3.23. The monoisotopic (exact) mass is 310 g/mol. The summed E-state index contributed by atoms with van der Waals surface area (Å²) in [7, 11) is 0. The molecule has 6 nitrogen and oxygen atoms in total. The maximum Gasteiger partial charge on any atom is 0.338 e. The van der Waals surface area contributed by atoms with Crippen molar-refractivity contribution in [2.75, 3.05) is 6.61 Å². The van der Waals surface area contributed by atoms with Crippen molar-refractivity contribution in [3.8, 4) is 0 Å². The zero-order valence-corrected chi connectivity index (χ0v) is 12.2. The molecule has 1 heterocycles. The Kier molecular flexibility index (Phi) is 4.33. The summed E-state index contributed by atoms with van der Waals surface area (Å²) in [5, 5.41) is 2.69. The topological polar surface area (TPSA) is 81.4 Å². The molecule has 0 fully saturated rings. The van der Waals surface area contributed by atoms with Crippen LogP contribution in [0.3, 0.4) is 0 Å². The van der Waals surface area contributed by atoms with E-state index in [1.165, 1.54) is 12.5 Å². The number of ether oxygens (including phenoxy) is 1. The molecule has 0 spiro atoms. The van der Waals surface area contributed by atoms with Crippen molar-refractivity contribution in [3.05, 3.63) is 66.1 Å². The summed E-state index contributed by atoms with van der Waals surface area (Å²) < 4.78 is 10.1. The fourth-order valence-corrected chi connectivity index (χ4v) is 2.04. The Morgan fingerprint density at radius 1 is 1.13 bits per heavy atom. The van der Waals surface area contributed by atoms with Gasteiger partial charge in [-0.2, -0.15) is 0 Å². The summed E-state index contributed by atoms with van der Waals surface area (Å²) in [5.74, 6) is -0.943. The van der Waals surface area contributed by atoms with E-state index in [2.05, 4.69) is 10.3 Å². The Morgan fingerprint density at radius 2 is 1.96 bits per heavy atom. The SMILES string of the molecule is O=C(COC(=O)c1ccc2ncoc2c1)NCc1ccccc1. The van der Waals surface area contributed by atoms with Crippen molar-refractivity contribution in [1.82, 2.24) is 10.3 Å². The maximum atomic E-state index is 11.9. The van der Waals surface area contributed by atoms with Gasteiger partial charge in [0, 0.05) is 6.54 Å². The van der Waals surface area contributed by atoms with Crippen LogP contribution < -0.4 is 5.32 Å². The van der Waals surface area contributed by atoms with Gasteiger partial charge in [-0.15, -0.1) is 0 Å². The van der Waals surface area contributed by atoms with Crippen molar-refractivity contribution in [2.45, 2.75) is 6.54 Å². The number of carbonyl (C=O) groups excluding carboxylic acids is 2. The Balaban J connectivity index is 1.51. The van der Waals surface area contributed by atoms with Gasteiger partial charge in [-0.05, 0) is 23.8 Å². The third-order valence-electron chi connectivity index (χ3n) is 3.23. The molecule has 0 saturated heterocycles. The minimum Gasteiger partial charge on any atom is -0.452 e. The Morgan fingerprint density at radius 3 is 2.78 bits per heavy atom. The molecule has 0 aliphatic heterocycles. The zero-order chi connectivity index (χ0) is 16.1. The van der Waals surface area contributed by atoms with Gasteiger partial charge in [0.2, 0.25) is 0 Å². The molecule has 3 rings (SSSR count). The Labute approximate surface area is 132 Å². The number of amides is 1. The van der Waals surface area contributed by atoms with E-state index in [1.54, 1.807) is 12.1 Å². The summed E-state index contributed by atoms with van der Waals surface area (Å²) in [6.07, 6.45) is 1.30. The summed E-state index contributed by atoms with van der Waals surface area (Å²) in [6, 6.07) is 14.3. The summed E-state index contributed by atoms with van der Waals surface area (Å²) in [6.45, 7) is 0.0569. The first kappa shape index (κ1) is 14.8. The van der Waals surface area contributed by atoms with Crippen LogP contribution in [0.1, 0.15) is 15.9 Å². The highest BCUT2D eigenvalue weighted by Gasteiger charge is 2.12. The predicted molar refractivity (Wildman–Crippen MR) is 82.6 cm³/mol. The molecule has 3 aromatic rings. The second-order valence-corrected chi connectivity index (χ2v) is 4.87. The number of rotatable bonds is 5. The van der Waals surface area contributed by atoms with E-state index < -0.39 is 5.97 Å². The fourth-order valence-electron chi connectivity index (χ4n) is 2.04. The number of fused-ring (bicyclic) bond motifs is 1. The van der Waals surface area contributed by atoms with Crippen molar-refractivity contribution in [2.24, 2.45) is 0 Å². The summed E-state index contributed by atoms with van der Waals surface area (Å²) >= 11 is 0. The highest BCUT2D eigenvalue weighted by Crippen LogP contribution is 2.14. The molecule has 1 aromatic heterocycles. The van der Waals surface area contributed by atoms with Crippen LogP contribution in [0.5, 0.6) is 0 Å². The molecule has 0 aliphatic rings. The van der Waals surface area contributed by atoms with Crippen LogP contribution in [-0.2, 0) is 16.1 Å². The van der Waals surface area contributed by atoms with Crippen LogP contribution in [0, 0.1) is 0 Å². The molecule has 23 heavy (non-hydrogen) atoms. The van der Waals surface area contributed by atoms with E-state index in [9.17, 15) is 9.59 Å². The molecule has 0 unspecified atom stereocenters. The molecular formula is C17H14N2O4. The smallest absolute Gasteiger partial charge is 0.338 e. The van der Waals surface area contributed by atoms with Crippen molar-refractivity contribution in [3.63, 3.8) is 0 Å². The number of benzene rings is 2. The zero-order valence-electron chi connectivity index (χ0n) is 12.2. The van der Waals surface area contributed by atoms with Gasteiger partial charge in [0.1, 0.15) is 5.52 Å². The molecule has 6 heteroatoms. The van der Waals surface area contributed by atoms with E-state index in [0.29, 0.717) is 23.2 Å². The molecule has 2 aromatic carbocycles. The van der Waals surface area contributed by atoms with Gasteiger partial charge in [-0.1, -0.05) is 30.3 Å². The summed E-state index contributed by atoms with van der Waals surface area (Å²) in [5.41, 5.74) is 2.43. The van der Waals surface area contributed by atoms with Crippen LogP contribution in [0.2, 0.25) is 0 Å². The van der Waals surface area contributed by atoms with Gasteiger partial charge in [0.05, 0.1) is 5.56 Å². The highest BCUT2D eigenvalue weighted by atomic mass is 16.5. The number of esters is 1. The normalized spacial score (nSPS) is 10.4. The lowest BCUT2D eigenvalue weighted by Crippen LogP contribution is -2.28.